The van der Waals surface area contributed by atoms with E-state index in [0.29, 0.717) is 35.0 Å². The highest BCUT2D eigenvalue weighted by atomic mass is 19.1. The summed E-state index contributed by atoms with van der Waals surface area (Å²) in [5, 5.41) is 19.7. The standard InChI is InChI=1S/C21H18FNO6/c1-28-14-7-15-16(17(24)9-18(25)21(26)27)11-23(20(15)19(8-14)29-2)10-12-3-5-13(22)6-4-12/h3-9,11,24H,10H2,1-2H3,(H,26,27)/b17-9-. The van der Waals surface area contributed by atoms with E-state index in [9.17, 15) is 19.1 Å². The van der Waals surface area contributed by atoms with E-state index in [0.717, 1.165) is 5.56 Å². The van der Waals surface area contributed by atoms with Crippen LogP contribution in [0.2, 0.25) is 0 Å². The number of carboxylic acid groups (broad SMARTS) is 1. The highest BCUT2D eigenvalue weighted by Gasteiger charge is 2.19. The molecule has 0 atom stereocenters. The van der Waals surface area contributed by atoms with E-state index in [1.54, 1.807) is 35.0 Å². The Balaban J connectivity index is 2.21. The van der Waals surface area contributed by atoms with E-state index < -0.39 is 17.5 Å². The molecule has 1 heterocycles. The van der Waals surface area contributed by atoms with Crippen LogP contribution in [0.25, 0.3) is 16.7 Å². The second kappa shape index (κ2) is 8.05. The Morgan fingerprint density at radius 2 is 1.79 bits per heavy atom. The molecule has 0 spiro atoms. The minimum atomic E-state index is -1.68. The molecule has 7 nitrogen and oxygen atoms in total. The lowest BCUT2D eigenvalue weighted by molar-refractivity contribution is -0.146. The van der Waals surface area contributed by atoms with E-state index in [4.69, 9.17) is 14.6 Å². The fourth-order valence-electron chi connectivity index (χ4n) is 3.03. The topological polar surface area (TPSA) is 98.0 Å². The van der Waals surface area contributed by atoms with Gasteiger partial charge in [0.05, 0.1) is 19.7 Å². The molecule has 0 saturated heterocycles. The van der Waals surface area contributed by atoms with Crippen molar-refractivity contribution in [2.75, 3.05) is 14.2 Å². The van der Waals surface area contributed by atoms with Gasteiger partial charge in [0.2, 0.25) is 0 Å². The average molecular weight is 399 g/mol. The predicted octanol–water partition coefficient (Wildman–Crippen LogP) is 3.40. The number of carboxylic acids is 1. The first kappa shape index (κ1) is 19.9. The van der Waals surface area contributed by atoms with Crippen LogP contribution in [0.4, 0.5) is 4.39 Å². The SMILES string of the molecule is COc1cc(OC)c2c(c1)c(/C(O)=C/C(=O)C(=O)O)cn2Cc1ccc(F)cc1. The number of methoxy groups -OCH3 is 2. The van der Waals surface area contributed by atoms with Crippen LogP contribution < -0.4 is 9.47 Å². The number of fused-ring (bicyclic) bond motifs is 1. The number of ether oxygens (including phenoxy) is 2. The Kier molecular flexibility index (Phi) is 5.54. The minimum absolute atomic E-state index is 0.230. The van der Waals surface area contributed by atoms with Crippen LogP contribution in [0, 0.1) is 5.82 Å². The summed E-state index contributed by atoms with van der Waals surface area (Å²) in [6.07, 6.45) is 2.21. The van der Waals surface area contributed by atoms with Crippen molar-refractivity contribution in [1.82, 2.24) is 4.57 Å². The van der Waals surface area contributed by atoms with Gasteiger partial charge in [0.25, 0.3) is 5.78 Å². The van der Waals surface area contributed by atoms with Gasteiger partial charge in [0.1, 0.15) is 23.1 Å². The number of rotatable bonds is 7. The Morgan fingerprint density at radius 3 is 2.38 bits per heavy atom. The van der Waals surface area contributed by atoms with E-state index in [-0.39, 0.29) is 11.4 Å². The molecule has 0 aliphatic carbocycles. The molecular formula is C21H18FNO6. The summed E-state index contributed by atoms with van der Waals surface area (Å²) in [5.41, 5.74) is 1.61. The number of halogens is 1. The predicted molar refractivity (Wildman–Crippen MR) is 104 cm³/mol. The molecule has 0 bridgehead atoms. The van der Waals surface area contributed by atoms with Crippen molar-refractivity contribution >= 4 is 28.4 Å². The average Bonchev–Trinajstić information content (AvgIpc) is 3.07. The molecule has 2 aromatic carbocycles. The molecule has 150 valence electrons. The fraction of sp³-hybridized carbons (Fsp3) is 0.143. The monoisotopic (exact) mass is 399 g/mol. The zero-order valence-electron chi connectivity index (χ0n) is 15.7. The number of aliphatic hydroxyl groups excluding tert-OH is 1. The molecule has 0 amide bonds. The quantitative estimate of drug-likeness (QED) is 0.359. The summed E-state index contributed by atoms with van der Waals surface area (Å²) >= 11 is 0. The molecule has 0 unspecified atom stereocenters. The van der Waals surface area contributed by atoms with Crippen molar-refractivity contribution in [3.63, 3.8) is 0 Å². The van der Waals surface area contributed by atoms with Crippen LogP contribution in [0.15, 0.2) is 48.7 Å². The number of aliphatic carboxylic acids is 1. The van der Waals surface area contributed by atoms with Gasteiger partial charge in [0.15, 0.2) is 0 Å². The van der Waals surface area contributed by atoms with Crippen LogP contribution in [-0.2, 0) is 16.1 Å². The van der Waals surface area contributed by atoms with Gasteiger partial charge in [-0.1, -0.05) is 12.1 Å². The molecule has 3 rings (SSSR count). The van der Waals surface area contributed by atoms with Crippen molar-refractivity contribution < 1.29 is 33.7 Å². The Hall–Kier alpha value is -3.81. The number of benzene rings is 2. The molecule has 3 aromatic rings. The smallest absolute Gasteiger partial charge is 0.376 e. The first-order valence-corrected chi connectivity index (χ1v) is 8.51. The van der Waals surface area contributed by atoms with Gasteiger partial charge < -0.3 is 24.3 Å². The molecule has 0 saturated carbocycles. The third-order valence-electron chi connectivity index (χ3n) is 4.39. The number of ketones is 1. The van der Waals surface area contributed by atoms with Gasteiger partial charge in [-0.3, -0.25) is 4.79 Å². The molecule has 29 heavy (non-hydrogen) atoms. The van der Waals surface area contributed by atoms with Crippen molar-refractivity contribution in [3.05, 3.63) is 65.6 Å². The van der Waals surface area contributed by atoms with Crippen molar-refractivity contribution in [3.8, 4) is 11.5 Å². The van der Waals surface area contributed by atoms with Gasteiger partial charge in [0, 0.05) is 35.8 Å². The number of aliphatic hydroxyl groups is 1. The Labute approximate surface area is 165 Å². The zero-order chi connectivity index (χ0) is 21.1. The largest absolute Gasteiger partial charge is 0.507 e. The van der Waals surface area contributed by atoms with Gasteiger partial charge in [-0.15, -0.1) is 0 Å². The second-order valence-electron chi connectivity index (χ2n) is 6.22. The van der Waals surface area contributed by atoms with Crippen LogP contribution >= 0.6 is 0 Å². The molecule has 0 aliphatic heterocycles. The molecule has 1 aromatic heterocycles. The Bertz CT molecular complexity index is 1110. The first-order chi connectivity index (χ1) is 13.8. The zero-order valence-corrected chi connectivity index (χ0v) is 15.7. The van der Waals surface area contributed by atoms with Crippen LogP contribution in [0.3, 0.4) is 0 Å². The number of carbonyl (C=O) groups is 2. The van der Waals surface area contributed by atoms with Crippen molar-refractivity contribution in [1.29, 1.82) is 0 Å². The summed E-state index contributed by atoms with van der Waals surface area (Å²) in [7, 11) is 2.95. The summed E-state index contributed by atoms with van der Waals surface area (Å²) in [4.78, 5) is 22.3. The molecule has 8 heteroatoms. The van der Waals surface area contributed by atoms with Gasteiger partial charge >= 0.3 is 5.97 Å². The molecular weight excluding hydrogens is 381 g/mol. The van der Waals surface area contributed by atoms with E-state index in [2.05, 4.69) is 0 Å². The molecule has 0 aliphatic rings. The number of hydrogen-bond acceptors (Lipinski definition) is 5. The highest BCUT2D eigenvalue weighted by Crippen LogP contribution is 2.37. The Morgan fingerprint density at radius 1 is 1.10 bits per heavy atom. The van der Waals surface area contributed by atoms with Crippen LogP contribution in [0.5, 0.6) is 11.5 Å². The van der Waals surface area contributed by atoms with Gasteiger partial charge in [-0.05, 0) is 23.8 Å². The van der Waals surface area contributed by atoms with Crippen LogP contribution in [0.1, 0.15) is 11.1 Å². The number of nitrogens with zero attached hydrogens (tertiary/aromatic N) is 1. The van der Waals surface area contributed by atoms with E-state index in [1.807, 2.05) is 0 Å². The maximum Gasteiger partial charge on any atom is 0.376 e. The lowest BCUT2D eigenvalue weighted by Gasteiger charge is -2.11. The van der Waals surface area contributed by atoms with Crippen LogP contribution in [-0.4, -0.2) is 40.8 Å². The number of carbonyl (C=O) groups excluding carboxylic acids is 1. The molecule has 0 fully saturated rings. The first-order valence-electron chi connectivity index (χ1n) is 8.51. The fourth-order valence-corrected chi connectivity index (χ4v) is 3.03. The summed E-state index contributed by atoms with van der Waals surface area (Å²) in [6.45, 7) is 0.319. The van der Waals surface area contributed by atoms with Gasteiger partial charge in [-0.25, -0.2) is 9.18 Å². The second-order valence-corrected chi connectivity index (χ2v) is 6.22. The van der Waals surface area contributed by atoms with E-state index in [1.165, 1.54) is 26.4 Å². The maximum atomic E-state index is 13.2. The third kappa shape index (κ3) is 4.06. The summed E-state index contributed by atoms with van der Waals surface area (Å²) in [5.74, 6) is -2.89. The van der Waals surface area contributed by atoms with E-state index >= 15 is 0 Å². The molecule has 2 N–H and O–H groups in total. The number of aromatic nitrogens is 1. The lowest BCUT2D eigenvalue weighted by Crippen LogP contribution is -2.09. The minimum Gasteiger partial charge on any atom is -0.507 e. The maximum absolute atomic E-state index is 13.2. The van der Waals surface area contributed by atoms with Crippen molar-refractivity contribution in [2.24, 2.45) is 0 Å². The third-order valence-corrected chi connectivity index (χ3v) is 4.39. The normalized spacial score (nSPS) is 11.5. The van der Waals surface area contributed by atoms with Gasteiger partial charge in [-0.2, -0.15) is 0 Å². The number of hydrogen-bond donors (Lipinski definition) is 2. The molecule has 0 radical (unpaired) electrons. The summed E-state index contributed by atoms with van der Waals surface area (Å²) < 4.78 is 25.7. The van der Waals surface area contributed by atoms with Crippen molar-refractivity contribution in [2.45, 2.75) is 6.54 Å². The highest BCUT2D eigenvalue weighted by molar-refractivity contribution is 6.38. The lowest BCUT2D eigenvalue weighted by atomic mass is 10.1. The summed E-state index contributed by atoms with van der Waals surface area (Å²) in [6, 6.07) is 9.23.